The zero-order chi connectivity index (χ0) is 35.4. The molecule has 0 radical (unpaired) electrons. The molecule has 252 valence electrons. The summed E-state index contributed by atoms with van der Waals surface area (Å²) < 4.78 is 11.3. The van der Waals surface area contributed by atoms with Gasteiger partial charge in [-0.2, -0.15) is 0 Å². The van der Waals surface area contributed by atoms with Crippen molar-refractivity contribution in [3.63, 3.8) is 0 Å². The van der Waals surface area contributed by atoms with Crippen LogP contribution in [0.3, 0.4) is 0 Å². The predicted octanol–water partition coefficient (Wildman–Crippen LogP) is 12.0. The van der Waals surface area contributed by atoms with Gasteiger partial charge in [-0.25, -0.2) is 15.0 Å². The number of aromatic nitrogens is 5. The van der Waals surface area contributed by atoms with Gasteiger partial charge in [0.05, 0.1) is 22.4 Å². The Hall–Kier alpha value is -6.79. The first-order valence-corrected chi connectivity index (χ1v) is 18.0. The Balaban J connectivity index is 1.13. The minimum atomic E-state index is -0.0231. The summed E-state index contributed by atoms with van der Waals surface area (Å²) in [5.41, 5.74) is 10.3. The first kappa shape index (κ1) is 29.9. The first-order chi connectivity index (χ1) is 25.9. The van der Waals surface area contributed by atoms with Gasteiger partial charge in [-0.3, -0.25) is 8.80 Å². The van der Waals surface area contributed by atoms with Gasteiger partial charge >= 0.3 is 0 Å². The van der Waals surface area contributed by atoms with Gasteiger partial charge in [0.1, 0.15) is 28.4 Å². The number of fused-ring (bicyclic) bond motifs is 12. The van der Waals surface area contributed by atoms with Crippen molar-refractivity contribution in [2.45, 2.75) is 26.2 Å². The smallest absolute Gasteiger partial charge is 0.147 e. The third kappa shape index (κ3) is 4.29. The largest absolute Gasteiger partial charge is 0.457 e. The van der Waals surface area contributed by atoms with Crippen molar-refractivity contribution in [2.24, 2.45) is 0 Å². The lowest BCUT2D eigenvalue weighted by Crippen LogP contribution is -2.11. The lowest BCUT2D eigenvalue weighted by Gasteiger charge is -2.20. The molecule has 0 amide bonds. The number of ether oxygens (including phenoxy) is 1. The summed E-state index contributed by atoms with van der Waals surface area (Å²) in [6, 6.07) is 46.5. The van der Waals surface area contributed by atoms with Crippen molar-refractivity contribution in [2.75, 3.05) is 0 Å². The Kier molecular flexibility index (Phi) is 6.12. The zero-order valence-electron chi connectivity index (χ0n) is 29.5. The second-order valence-electron chi connectivity index (χ2n) is 14.9. The van der Waals surface area contributed by atoms with E-state index in [9.17, 15) is 0 Å². The molecule has 11 aromatic rings. The van der Waals surface area contributed by atoms with Gasteiger partial charge in [-0.1, -0.05) is 99.6 Å². The number of nitrogens with zero attached hydrogens (tertiary/aromatic N) is 5. The van der Waals surface area contributed by atoms with Crippen LogP contribution in [0.5, 0.6) is 11.5 Å². The Morgan fingerprint density at radius 3 is 2.00 bits per heavy atom. The fourth-order valence-corrected chi connectivity index (χ4v) is 8.44. The van der Waals surface area contributed by atoms with E-state index >= 15 is 0 Å². The number of rotatable bonds is 4. The van der Waals surface area contributed by atoms with Crippen LogP contribution in [-0.2, 0) is 5.41 Å². The average Bonchev–Trinajstić information content (AvgIpc) is 3.86. The zero-order valence-corrected chi connectivity index (χ0v) is 29.5. The fraction of sp³-hybridized carbons (Fsp3) is 0.0851. The minimum Gasteiger partial charge on any atom is -0.457 e. The molecule has 5 aromatic carbocycles. The summed E-state index contributed by atoms with van der Waals surface area (Å²) in [6.45, 7) is 6.81. The molecule has 6 heteroatoms. The number of hydrogen-bond acceptors (Lipinski definition) is 4. The van der Waals surface area contributed by atoms with Crippen molar-refractivity contribution in [1.82, 2.24) is 23.8 Å². The fourth-order valence-electron chi connectivity index (χ4n) is 8.44. The number of benzene rings is 5. The van der Waals surface area contributed by atoms with Crippen LogP contribution in [0.2, 0.25) is 0 Å². The molecule has 0 aliphatic rings. The summed E-state index contributed by atoms with van der Waals surface area (Å²) >= 11 is 0. The van der Waals surface area contributed by atoms with Gasteiger partial charge < -0.3 is 4.74 Å². The van der Waals surface area contributed by atoms with Crippen LogP contribution in [0.15, 0.2) is 146 Å². The van der Waals surface area contributed by atoms with Gasteiger partial charge in [0.2, 0.25) is 0 Å². The molecule has 0 spiro atoms. The molecule has 0 saturated carbocycles. The van der Waals surface area contributed by atoms with Crippen LogP contribution >= 0.6 is 0 Å². The van der Waals surface area contributed by atoms with Gasteiger partial charge in [-0.05, 0) is 64.9 Å². The molecule has 6 nitrogen and oxygen atoms in total. The molecule has 11 rings (SSSR count). The molecule has 0 saturated heterocycles. The lowest BCUT2D eigenvalue weighted by atomic mass is 9.85. The highest BCUT2D eigenvalue weighted by Gasteiger charge is 2.25. The molecule has 0 atom stereocenters. The Morgan fingerprint density at radius 2 is 1.21 bits per heavy atom. The number of para-hydroxylation sites is 1. The van der Waals surface area contributed by atoms with E-state index in [0.29, 0.717) is 0 Å². The lowest BCUT2D eigenvalue weighted by molar-refractivity contribution is 0.484. The molecule has 53 heavy (non-hydrogen) atoms. The van der Waals surface area contributed by atoms with Crippen molar-refractivity contribution in [3.8, 4) is 34.0 Å². The maximum Gasteiger partial charge on any atom is 0.147 e. The van der Waals surface area contributed by atoms with E-state index in [2.05, 4.69) is 139 Å². The molecular weight excluding hydrogens is 651 g/mol. The van der Waals surface area contributed by atoms with Gasteiger partial charge in [0, 0.05) is 61.9 Å². The van der Waals surface area contributed by atoms with E-state index in [-0.39, 0.29) is 5.41 Å². The molecule has 0 unspecified atom stereocenters. The monoisotopic (exact) mass is 683 g/mol. The second kappa shape index (κ2) is 10.9. The molecular formula is C47H33N5O. The van der Waals surface area contributed by atoms with Crippen LogP contribution in [0.1, 0.15) is 26.3 Å². The highest BCUT2D eigenvalue weighted by atomic mass is 16.5. The molecule has 0 aliphatic carbocycles. The van der Waals surface area contributed by atoms with E-state index < -0.39 is 0 Å². The third-order valence-electron chi connectivity index (χ3n) is 10.7. The highest BCUT2D eigenvalue weighted by molar-refractivity contribution is 6.23. The van der Waals surface area contributed by atoms with E-state index in [0.717, 1.165) is 72.6 Å². The van der Waals surface area contributed by atoms with Crippen molar-refractivity contribution >= 4 is 65.7 Å². The molecule has 0 aliphatic heterocycles. The standard InChI is InChI=1S/C47H33N5O/c1-47(2,3)38-23-25-49-46-40(38)36-17-10-16-34-33-22-20-31(27-39(33)51(46)43(34)36)53-30-19-21-32-35-18-11-24-48-44(35)52-42(29-14-8-5-9-15-29)41(28-12-6-4-7-13-28)50-45(52)37(32)26-30/h4-27H,1-3H3. The number of hydrogen-bond donors (Lipinski definition) is 0. The SMILES string of the molecule is CC(C)(C)c1ccnc2c1c1cccc3c4ccc(Oc5ccc6c7cccnc7n7c(-c8ccccc8)c(-c8ccccc8)nc7c6c5)cc4n2c31. The maximum atomic E-state index is 6.75. The van der Waals surface area contributed by atoms with Crippen LogP contribution in [0, 0.1) is 0 Å². The predicted molar refractivity (Wildman–Crippen MR) is 217 cm³/mol. The molecule has 0 N–H and O–H groups in total. The van der Waals surface area contributed by atoms with Crippen LogP contribution in [0.25, 0.3) is 88.2 Å². The van der Waals surface area contributed by atoms with Gasteiger partial charge in [-0.15, -0.1) is 0 Å². The second-order valence-corrected chi connectivity index (χ2v) is 14.9. The van der Waals surface area contributed by atoms with E-state index in [1.165, 1.54) is 32.6 Å². The van der Waals surface area contributed by atoms with Crippen molar-refractivity contribution in [3.05, 3.63) is 151 Å². The van der Waals surface area contributed by atoms with Crippen LogP contribution in [0.4, 0.5) is 0 Å². The van der Waals surface area contributed by atoms with E-state index in [1.807, 2.05) is 36.7 Å². The van der Waals surface area contributed by atoms with Crippen LogP contribution < -0.4 is 4.74 Å². The molecule has 0 fully saturated rings. The average molecular weight is 684 g/mol. The molecule has 6 aromatic heterocycles. The van der Waals surface area contributed by atoms with Crippen molar-refractivity contribution < 1.29 is 4.74 Å². The van der Waals surface area contributed by atoms with E-state index in [1.54, 1.807) is 0 Å². The summed E-state index contributed by atoms with van der Waals surface area (Å²) in [7, 11) is 0. The van der Waals surface area contributed by atoms with Crippen molar-refractivity contribution in [1.29, 1.82) is 0 Å². The summed E-state index contributed by atoms with van der Waals surface area (Å²) in [4.78, 5) is 15.3. The summed E-state index contributed by atoms with van der Waals surface area (Å²) in [5, 5.41) is 7.98. The maximum absolute atomic E-state index is 6.75. The normalized spacial score (nSPS) is 12.4. The first-order valence-electron chi connectivity index (χ1n) is 18.0. The molecule has 0 bridgehead atoms. The Bertz CT molecular complexity index is 3230. The minimum absolute atomic E-state index is 0.0231. The third-order valence-corrected chi connectivity index (χ3v) is 10.7. The molecule has 6 heterocycles. The Labute approximate surface area is 304 Å². The van der Waals surface area contributed by atoms with Gasteiger partial charge in [0.15, 0.2) is 0 Å². The van der Waals surface area contributed by atoms with Crippen LogP contribution in [-0.4, -0.2) is 23.8 Å². The topological polar surface area (TPSA) is 56.7 Å². The number of pyridine rings is 3. The highest BCUT2D eigenvalue weighted by Crippen LogP contribution is 2.44. The van der Waals surface area contributed by atoms with E-state index in [4.69, 9.17) is 19.7 Å². The quantitative estimate of drug-likeness (QED) is 0.173. The Morgan fingerprint density at radius 1 is 0.509 bits per heavy atom. The van der Waals surface area contributed by atoms with Gasteiger partial charge in [0.25, 0.3) is 0 Å². The summed E-state index contributed by atoms with van der Waals surface area (Å²) in [5.74, 6) is 1.49. The number of imidazole rings is 1. The summed E-state index contributed by atoms with van der Waals surface area (Å²) in [6.07, 6.45) is 3.80.